The van der Waals surface area contributed by atoms with Gasteiger partial charge in [0.1, 0.15) is 35.7 Å². The number of carbonyl (C=O) groups excluding carboxylic acids is 2. The number of nitriles is 1. The number of aromatic nitrogens is 2. The molecule has 2 aromatic carbocycles. The highest BCUT2D eigenvalue weighted by atomic mass is 32.1. The minimum atomic E-state index is -2.96. The lowest BCUT2D eigenvalue weighted by Crippen LogP contribution is -2.44. The Morgan fingerprint density at radius 1 is 1.14 bits per heavy atom. The normalized spacial score (nSPS) is 14.8. The minimum Gasteiger partial charge on any atom is -0.474 e. The van der Waals surface area contributed by atoms with E-state index >= 15 is 4.39 Å². The molecule has 2 heterocycles. The van der Waals surface area contributed by atoms with Crippen molar-refractivity contribution in [2.24, 2.45) is 0 Å². The van der Waals surface area contributed by atoms with Crippen LogP contribution in [0.3, 0.4) is 0 Å². The number of ether oxygens (including phenoxy) is 3. The van der Waals surface area contributed by atoms with Crippen molar-refractivity contribution in [3.63, 3.8) is 0 Å². The van der Waals surface area contributed by atoms with Crippen LogP contribution in [0.5, 0.6) is 5.88 Å². The second kappa shape index (κ2) is 12.2. The van der Waals surface area contributed by atoms with Crippen LogP contribution in [0.25, 0.3) is 10.9 Å². The van der Waals surface area contributed by atoms with Gasteiger partial charge in [-0.1, -0.05) is 6.92 Å². The maximum absolute atomic E-state index is 15.7. The smallest absolute Gasteiger partial charge is 0.474 e. The SMILES string of the molecule is CCc1nc(OCCOC(=O)OC(C)(C)C)c2cc(N3C(=S)N(c4ccc(C#N)c(C(F)F)c4)C(=O)C3(C)C)cc(F)c2n1. The molecule has 1 saturated heterocycles. The number of anilines is 2. The molecule has 0 unspecified atom stereocenters. The van der Waals surface area contributed by atoms with Crippen molar-refractivity contribution < 1.29 is 37.0 Å². The van der Waals surface area contributed by atoms with Gasteiger partial charge in [-0.3, -0.25) is 9.69 Å². The molecular formula is C30H30F3N5O5S. The highest BCUT2D eigenvalue weighted by molar-refractivity contribution is 7.81. The van der Waals surface area contributed by atoms with Crippen molar-refractivity contribution in [2.45, 2.75) is 65.5 Å². The first-order chi connectivity index (χ1) is 20.6. The summed E-state index contributed by atoms with van der Waals surface area (Å²) in [5.41, 5.74) is -2.73. The Balaban J connectivity index is 1.71. The van der Waals surface area contributed by atoms with E-state index < -0.39 is 41.0 Å². The molecule has 10 nitrogen and oxygen atoms in total. The van der Waals surface area contributed by atoms with E-state index in [1.807, 2.05) is 0 Å². The largest absolute Gasteiger partial charge is 0.508 e. The summed E-state index contributed by atoms with van der Waals surface area (Å²) in [6.45, 7) is 9.68. The van der Waals surface area contributed by atoms with Gasteiger partial charge < -0.3 is 19.1 Å². The number of hydrogen-bond donors (Lipinski definition) is 0. The van der Waals surface area contributed by atoms with E-state index in [0.29, 0.717) is 12.2 Å². The molecule has 4 rings (SSSR count). The van der Waals surface area contributed by atoms with E-state index in [1.54, 1.807) is 47.6 Å². The zero-order chi connectivity index (χ0) is 32.6. The van der Waals surface area contributed by atoms with Crippen molar-refractivity contribution in [2.75, 3.05) is 23.0 Å². The molecule has 0 aliphatic carbocycles. The van der Waals surface area contributed by atoms with Crippen LogP contribution in [0, 0.1) is 17.1 Å². The van der Waals surface area contributed by atoms with E-state index in [1.165, 1.54) is 29.2 Å². The standard InChI is InChI=1S/C30H30F3N5O5S/c1-7-22-35-23-20(25(36-22)41-10-11-42-28(40)43-29(2,3)4)13-18(14-21(23)31)38-27(44)37(26(39)30(38,5)6)17-9-8-16(15-34)19(12-17)24(32)33/h8-9,12-14,24H,7,10-11H2,1-6H3. The number of benzene rings is 2. The second-order valence-electron chi connectivity index (χ2n) is 11.3. The number of rotatable bonds is 8. The maximum Gasteiger partial charge on any atom is 0.508 e. The molecule has 3 aromatic rings. The number of carbonyl (C=O) groups is 2. The number of hydrogen-bond acceptors (Lipinski definition) is 9. The number of amides is 1. The van der Waals surface area contributed by atoms with Crippen LogP contribution < -0.4 is 14.5 Å². The van der Waals surface area contributed by atoms with Crippen molar-refractivity contribution >= 4 is 51.7 Å². The predicted molar refractivity (Wildman–Crippen MR) is 159 cm³/mol. The Bertz CT molecular complexity index is 1690. The van der Waals surface area contributed by atoms with Gasteiger partial charge in [0.2, 0.25) is 5.88 Å². The summed E-state index contributed by atoms with van der Waals surface area (Å²) in [4.78, 5) is 36.6. The lowest BCUT2D eigenvalue weighted by atomic mass is 10.0. The second-order valence-corrected chi connectivity index (χ2v) is 11.7. The van der Waals surface area contributed by atoms with Crippen molar-refractivity contribution in [3.05, 3.63) is 53.1 Å². The van der Waals surface area contributed by atoms with E-state index in [9.17, 15) is 23.6 Å². The predicted octanol–water partition coefficient (Wildman–Crippen LogP) is 6.39. The fourth-order valence-electron chi connectivity index (χ4n) is 4.56. The van der Waals surface area contributed by atoms with Gasteiger partial charge in [0, 0.05) is 17.7 Å². The highest BCUT2D eigenvalue weighted by Gasteiger charge is 2.50. The molecule has 1 aliphatic heterocycles. The summed E-state index contributed by atoms with van der Waals surface area (Å²) in [7, 11) is 0. The average Bonchev–Trinajstić information content (AvgIpc) is 3.12. The third-order valence-corrected chi connectivity index (χ3v) is 6.94. The molecule has 14 heteroatoms. The highest BCUT2D eigenvalue weighted by Crippen LogP contribution is 2.40. The summed E-state index contributed by atoms with van der Waals surface area (Å²) < 4.78 is 58.9. The average molecular weight is 630 g/mol. The van der Waals surface area contributed by atoms with E-state index in [2.05, 4.69) is 9.97 Å². The monoisotopic (exact) mass is 629 g/mol. The number of alkyl halides is 2. The van der Waals surface area contributed by atoms with Crippen LogP contribution in [-0.2, 0) is 20.7 Å². The number of thiocarbonyl (C=S) groups is 1. The molecule has 0 saturated carbocycles. The number of fused-ring (bicyclic) bond motifs is 1. The molecule has 0 radical (unpaired) electrons. The topological polar surface area (TPSA) is 118 Å². The Labute approximate surface area is 257 Å². The molecule has 1 amide bonds. The van der Waals surface area contributed by atoms with E-state index in [0.717, 1.165) is 11.0 Å². The summed E-state index contributed by atoms with van der Waals surface area (Å²) in [6, 6.07) is 7.97. The summed E-state index contributed by atoms with van der Waals surface area (Å²) in [6.07, 6.45) is -3.46. The van der Waals surface area contributed by atoms with Crippen LogP contribution in [0.4, 0.5) is 29.3 Å². The number of aryl methyl sites for hydroxylation is 1. The molecule has 1 aliphatic rings. The van der Waals surface area contributed by atoms with Crippen LogP contribution in [0.1, 0.15) is 64.9 Å². The summed E-state index contributed by atoms with van der Waals surface area (Å²) >= 11 is 5.64. The molecule has 0 atom stereocenters. The third-order valence-electron chi connectivity index (χ3n) is 6.57. The Hall–Kier alpha value is -4.51. The fraction of sp³-hybridized carbons (Fsp3) is 0.400. The van der Waals surface area contributed by atoms with Gasteiger partial charge in [-0.2, -0.15) is 10.2 Å². The van der Waals surface area contributed by atoms with Crippen molar-refractivity contribution in [1.82, 2.24) is 9.97 Å². The fourth-order valence-corrected chi connectivity index (χ4v) is 5.08. The van der Waals surface area contributed by atoms with Gasteiger partial charge in [0.25, 0.3) is 12.3 Å². The molecule has 1 aromatic heterocycles. The molecule has 0 bridgehead atoms. The van der Waals surface area contributed by atoms with Gasteiger partial charge in [0.15, 0.2) is 10.9 Å². The maximum atomic E-state index is 15.7. The third kappa shape index (κ3) is 6.37. The van der Waals surface area contributed by atoms with E-state index in [-0.39, 0.29) is 52.0 Å². The Morgan fingerprint density at radius 3 is 2.45 bits per heavy atom. The zero-order valence-corrected chi connectivity index (χ0v) is 25.7. The van der Waals surface area contributed by atoms with E-state index in [4.69, 9.17) is 26.4 Å². The Kier molecular flexibility index (Phi) is 9.01. The lowest BCUT2D eigenvalue weighted by molar-refractivity contribution is -0.120. The number of halogens is 3. The van der Waals surface area contributed by atoms with Gasteiger partial charge in [-0.15, -0.1) is 0 Å². The van der Waals surface area contributed by atoms with Crippen molar-refractivity contribution in [3.8, 4) is 11.9 Å². The zero-order valence-electron chi connectivity index (χ0n) is 24.9. The minimum absolute atomic E-state index is 0.0140. The lowest BCUT2D eigenvalue weighted by Gasteiger charge is -2.29. The van der Waals surface area contributed by atoms with Crippen LogP contribution in [0.2, 0.25) is 0 Å². The molecule has 0 N–H and O–H groups in total. The van der Waals surface area contributed by atoms with Crippen LogP contribution >= 0.6 is 12.2 Å². The first-order valence-corrected chi connectivity index (χ1v) is 14.0. The number of nitrogens with zero attached hydrogens (tertiary/aromatic N) is 5. The summed E-state index contributed by atoms with van der Waals surface area (Å²) in [5, 5.41) is 9.29. The molecule has 0 spiro atoms. The quantitative estimate of drug-likeness (QED) is 0.158. The first-order valence-electron chi connectivity index (χ1n) is 13.6. The first kappa shape index (κ1) is 32.4. The van der Waals surface area contributed by atoms with Crippen molar-refractivity contribution in [1.29, 1.82) is 5.26 Å². The van der Waals surface area contributed by atoms with Gasteiger partial charge in [-0.25, -0.2) is 22.9 Å². The summed E-state index contributed by atoms with van der Waals surface area (Å²) in [5.74, 6) is -0.977. The molecular weight excluding hydrogens is 599 g/mol. The molecule has 1 fully saturated rings. The Morgan fingerprint density at radius 2 is 1.84 bits per heavy atom. The van der Waals surface area contributed by atoms with Gasteiger partial charge in [-0.05, 0) is 77.2 Å². The van der Waals surface area contributed by atoms with Crippen LogP contribution in [0.15, 0.2) is 30.3 Å². The molecule has 232 valence electrons. The van der Waals surface area contributed by atoms with Crippen LogP contribution in [-0.4, -0.2) is 51.5 Å². The van der Waals surface area contributed by atoms with Gasteiger partial charge in [0.05, 0.1) is 22.7 Å². The van der Waals surface area contributed by atoms with Gasteiger partial charge >= 0.3 is 6.16 Å². The molecule has 44 heavy (non-hydrogen) atoms.